The minimum Gasteiger partial charge on any atom is -0.494 e. The second-order valence-electron chi connectivity index (χ2n) is 8.58. The van der Waals surface area contributed by atoms with Crippen LogP contribution in [0, 0.1) is 0 Å². The first-order chi connectivity index (χ1) is 16.1. The maximum absolute atomic E-state index is 13.1. The lowest BCUT2D eigenvalue weighted by Crippen LogP contribution is -2.57. The lowest BCUT2D eigenvalue weighted by molar-refractivity contribution is -0.147. The Morgan fingerprint density at radius 2 is 1.73 bits per heavy atom. The SMILES string of the molecule is CCCCCCCCCCOC(=O)CC1C(=O)NCCN1C(=O)c1cccc(OCCC)c1. The highest BCUT2D eigenvalue weighted by Gasteiger charge is 2.35. The summed E-state index contributed by atoms with van der Waals surface area (Å²) in [6.07, 6.45) is 10.1. The van der Waals surface area contributed by atoms with Crippen LogP contribution in [-0.2, 0) is 14.3 Å². The molecule has 184 valence electrons. The molecule has 1 aliphatic rings. The molecule has 2 amide bonds. The third-order valence-corrected chi connectivity index (χ3v) is 5.77. The molecule has 1 fully saturated rings. The summed E-state index contributed by atoms with van der Waals surface area (Å²) in [5.74, 6) is -0.437. The third kappa shape index (κ3) is 9.44. The van der Waals surface area contributed by atoms with Crippen LogP contribution in [-0.4, -0.2) is 55.0 Å². The molecule has 1 aromatic carbocycles. The number of amides is 2. The van der Waals surface area contributed by atoms with E-state index in [-0.39, 0.29) is 18.2 Å². The quantitative estimate of drug-likeness (QED) is 0.308. The van der Waals surface area contributed by atoms with Crippen LogP contribution < -0.4 is 10.1 Å². The maximum Gasteiger partial charge on any atom is 0.308 e. The van der Waals surface area contributed by atoms with E-state index in [9.17, 15) is 14.4 Å². The molecule has 0 aromatic heterocycles. The lowest BCUT2D eigenvalue weighted by atomic mass is 10.1. The van der Waals surface area contributed by atoms with E-state index in [4.69, 9.17) is 9.47 Å². The van der Waals surface area contributed by atoms with Crippen molar-refractivity contribution in [3.63, 3.8) is 0 Å². The summed E-state index contributed by atoms with van der Waals surface area (Å²) in [7, 11) is 0. The van der Waals surface area contributed by atoms with Gasteiger partial charge in [-0.05, 0) is 31.0 Å². The number of hydrogen-bond acceptors (Lipinski definition) is 5. The van der Waals surface area contributed by atoms with E-state index in [0.29, 0.717) is 37.6 Å². The Labute approximate surface area is 198 Å². The number of ether oxygens (including phenoxy) is 2. The van der Waals surface area contributed by atoms with E-state index in [1.54, 1.807) is 24.3 Å². The molecular weight excluding hydrogens is 420 g/mol. The van der Waals surface area contributed by atoms with Gasteiger partial charge in [-0.1, -0.05) is 64.9 Å². The van der Waals surface area contributed by atoms with Gasteiger partial charge < -0.3 is 19.7 Å². The summed E-state index contributed by atoms with van der Waals surface area (Å²) in [4.78, 5) is 39.4. The first kappa shape index (κ1) is 26.7. The largest absolute Gasteiger partial charge is 0.494 e. The van der Waals surface area contributed by atoms with Gasteiger partial charge in [0.1, 0.15) is 11.8 Å². The Balaban J connectivity index is 1.82. The molecule has 0 saturated carbocycles. The zero-order valence-electron chi connectivity index (χ0n) is 20.3. The summed E-state index contributed by atoms with van der Waals surface area (Å²) in [5, 5.41) is 2.75. The predicted octanol–water partition coefficient (Wildman–Crippen LogP) is 4.49. The molecule has 0 spiro atoms. The third-order valence-electron chi connectivity index (χ3n) is 5.77. The monoisotopic (exact) mass is 460 g/mol. The average Bonchev–Trinajstić information content (AvgIpc) is 2.82. The first-order valence-electron chi connectivity index (χ1n) is 12.5. The summed E-state index contributed by atoms with van der Waals surface area (Å²) < 4.78 is 11.0. The van der Waals surface area contributed by atoms with Crippen molar-refractivity contribution in [3.05, 3.63) is 29.8 Å². The molecule has 1 aliphatic heterocycles. The van der Waals surface area contributed by atoms with Crippen molar-refractivity contribution in [3.8, 4) is 5.75 Å². The molecule has 1 saturated heterocycles. The van der Waals surface area contributed by atoms with Gasteiger partial charge in [0.2, 0.25) is 5.91 Å². The van der Waals surface area contributed by atoms with Crippen LogP contribution >= 0.6 is 0 Å². The van der Waals surface area contributed by atoms with Crippen LogP contribution in [0.25, 0.3) is 0 Å². The second-order valence-corrected chi connectivity index (χ2v) is 8.58. The predicted molar refractivity (Wildman–Crippen MR) is 128 cm³/mol. The van der Waals surface area contributed by atoms with Crippen LogP contribution in [0.2, 0.25) is 0 Å². The molecule has 0 radical (unpaired) electrons. The minimum atomic E-state index is -0.863. The van der Waals surface area contributed by atoms with Gasteiger partial charge in [-0.3, -0.25) is 14.4 Å². The summed E-state index contributed by atoms with van der Waals surface area (Å²) in [6.45, 7) is 5.85. The molecule has 0 bridgehead atoms. The summed E-state index contributed by atoms with van der Waals surface area (Å²) >= 11 is 0. The van der Waals surface area contributed by atoms with Crippen LogP contribution in [0.1, 0.15) is 88.4 Å². The number of esters is 1. The number of unbranched alkanes of at least 4 members (excludes halogenated alkanes) is 7. The van der Waals surface area contributed by atoms with Gasteiger partial charge in [-0.2, -0.15) is 0 Å². The van der Waals surface area contributed by atoms with E-state index in [1.165, 1.54) is 37.0 Å². The van der Waals surface area contributed by atoms with E-state index < -0.39 is 12.0 Å². The number of benzene rings is 1. The molecule has 33 heavy (non-hydrogen) atoms. The van der Waals surface area contributed by atoms with Crippen LogP contribution in [0.4, 0.5) is 0 Å². The van der Waals surface area contributed by atoms with E-state index in [0.717, 1.165) is 25.7 Å². The molecule has 2 rings (SSSR count). The van der Waals surface area contributed by atoms with E-state index >= 15 is 0 Å². The lowest BCUT2D eigenvalue weighted by Gasteiger charge is -2.34. The fourth-order valence-electron chi connectivity index (χ4n) is 3.90. The van der Waals surface area contributed by atoms with Gasteiger partial charge in [0.05, 0.1) is 19.6 Å². The van der Waals surface area contributed by atoms with Gasteiger partial charge in [-0.15, -0.1) is 0 Å². The summed E-state index contributed by atoms with van der Waals surface area (Å²) in [6, 6.07) is 6.08. The summed E-state index contributed by atoms with van der Waals surface area (Å²) in [5.41, 5.74) is 0.440. The highest BCUT2D eigenvalue weighted by atomic mass is 16.5. The second kappa shape index (κ2) is 15.3. The molecule has 1 unspecified atom stereocenters. The molecule has 0 aliphatic carbocycles. The van der Waals surface area contributed by atoms with E-state index in [2.05, 4.69) is 12.2 Å². The molecule has 1 atom stereocenters. The number of rotatable bonds is 15. The zero-order valence-corrected chi connectivity index (χ0v) is 20.3. The molecule has 1 aromatic rings. The van der Waals surface area contributed by atoms with Gasteiger partial charge in [0.25, 0.3) is 5.91 Å². The van der Waals surface area contributed by atoms with Crippen LogP contribution in [0.15, 0.2) is 24.3 Å². The van der Waals surface area contributed by atoms with Crippen molar-refractivity contribution >= 4 is 17.8 Å². The Bertz CT molecular complexity index is 752. The molecule has 1 heterocycles. The average molecular weight is 461 g/mol. The van der Waals surface area contributed by atoms with Crippen LogP contribution in [0.5, 0.6) is 5.75 Å². The standard InChI is InChI=1S/C26H40N2O5/c1-3-5-6-7-8-9-10-11-18-33-24(29)20-23-25(30)27-15-16-28(23)26(31)21-13-12-14-22(19-21)32-17-4-2/h12-14,19,23H,3-11,15-18,20H2,1-2H3,(H,27,30). The van der Waals surface area contributed by atoms with Crippen molar-refractivity contribution < 1.29 is 23.9 Å². The Morgan fingerprint density at radius 1 is 1.00 bits per heavy atom. The molecular formula is C26H40N2O5. The van der Waals surface area contributed by atoms with Crippen LogP contribution in [0.3, 0.4) is 0 Å². The highest BCUT2D eigenvalue weighted by molar-refractivity contribution is 5.99. The first-order valence-corrected chi connectivity index (χ1v) is 12.5. The van der Waals surface area contributed by atoms with E-state index in [1.807, 2.05) is 6.92 Å². The number of piperazine rings is 1. The number of carbonyl (C=O) groups excluding carboxylic acids is 3. The number of nitrogens with one attached hydrogen (secondary N) is 1. The van der Waals surface area contributed by atoms with Gasteiger partial charge in [0.15, 0.2) is 0 Å². The van der Waals surface area contributed by atoms with Gasteiger partial charge >= 0.3 is 5.97 Å². The molecule has 7 nitrogen and oxygen atoms in total. The molecule has 7 heteroatoms. The van der Waals surface area contributed by atoms with Crippen molar-refractivity contribution in [2.75, 3.05) is 26.3 Å². The maximum atomic E-state index is 13.1. The van der Waals surface area contributed by atoms with Crippen molar-refractivity contribution in [2.24, 2.45) is 0 Å². The van der Waals surface area contributed by atoms with Crippen molar-refractivity contribution in [2.45, 2.75) is 84.1 Å². The number of hydrogen-bond donors (Lipinski definition) is 1. The molecule has 1 N–H and O–H groups in total. The Morgan fingerprint density at radius 3 is 2.45 bits per heavy atom. The zero-order chi connectivity index (χ0) is 23.9. The van der Waals surface area contributed by atoms with Gasteiger partial charge in [-0.25, -0.2) is 0 Å². The van der Waals surface area contributed by atoms with Crippen molar-refractivity contribution in [1.82, 2.24) is 10.2 Å². The Kier molecular flexibility index (Phi) is 12.4. The normalized spacial score (nSPS) is 15.8. The Hall–Kier alpha value is -2.57. The highest BCUT2D eigenvalue weighted by Crippen LogP contribution is 2.19. The number of nitrogens with zero attached hydrogens (tertiary/aromatic N) is 1. The van der Waals surface area contributed by atoms with Crippen molar-refractivity contribution in [1.29, 1.82) is 0 Å². The van der Waals surface area contributed by atoms with Gasteiger partial charge in [0, 0.05) is 18.7 Å². The topological polar surface area (TPSA) is 84.9 Å². The fourth-order valence-corrected chi connectivity index (χ4v) is 3.90. The minimum absolute atomic E-state index is 0.138. The number of carbonyl (C=O) groups is 3. The smallest absolute Gasteiger partial charge is 0.308 e. The fraction of sp³-hybridized carbons (Fsp3) is 0.654.